The van der Waals surface area contributed by atoms with Crippen LogP contribution in [0.1, 0.15) is 17.3 Å². The second kappa shape index (κ2) is 9.19. The van der Waals surface area contributed by atoms with Gasteiger partial charge < -0.3 is 9.80 Å². The first-order chi connectivity index (χ1) is 13.9. The van der Waals surface area contributed by atoms with Crippen LogP contribution in [-0.2, 0) is 10.0 Å². The number of amides is 1. The van der Waals surface area contributed by atoms with Crippen LogP contribution in [0.4, 0.5) is 5.69 Å². The van der Waals surface area contributed by atoms with Gasteiger partial charge >= 0.3 is 0 Å². The molecule has 2 aromatic rings. The summed E-state index contributed by atoms with van der Waals surface area (Å²) in [5.74, 6) is -0.0109. The standard InChI is InChI=1S/C21H27N3O3S2/c1-4-24(29(26,27)20-11-9-19(28-3)10-12-20)18-7-5-17(6-8-18)21(25)23-15-13-22(2)14-16-23/h5-12H,4,13-16H2,1-3H3. The summed E-state index contributed by atoms with van der Waals surface area (Å²) in [6.07, 6.45) is 1.95. The molecule has 8 heteroatoms. The lowest BCUT2D eigenvalue weighted by atomic mass is 10.1. The molecule has 1 aliphatic rings. The molecule has 0 saturated carbocycles. The Morgan fingerprint density at radius 1 is 1.00 bits per heavy atom. The van der Waals surface area contributed by atoms with Crippen molar-refractivity contribution in [3.63, 3.8) is 0 Å². The van der Waals surface area contributed by atoms with Crippen molar-refractivity contribution >= 4 is 33.4 Å². The second-order valence-corrected chi connectivity index (χ2v) is 9.73. The minimum Gasteiger partial charge on any atom is -0.336 e. The topological polar surface area (TPSA) is 60.9 Å². The summed E-state index contributed by atoms with van der Waals surface area (Å²) >= 11 is 1.57. The van der Waals surface area contributed by atoms with Crippen molar-refractivity contribution in [2.75, 3.05) is 50.3 Å². The van der Waals surface area contributed by atoms with E-state index in [1.54, 1.807) is 55.1 Å². The molecule has 0 N–H and O–H groups in total. The van der Waals surface area contributed by atoms with Gasteiger partial charge in [0.2, 0.25) is 0 Å². The number of sulfonamides is 1. The summed E-state index contributed by atoms with van der Waals surface area (Å²) in [4.78, 5) is 18.0. The lowest BCUT2D eigenvalue weighted by Gasteiger charge is -2.32. The maximum atomic E-state index is 13.1. The molecule has 2 aromatic carbocycles. The van der Waals surface area contributed by atoms with Crippen molar-refractivity contribution in [2.24, 2.45) is 0 Å². The molecule has 156 valence electrons. The number of hydrogen-bond acceptors (Lipinski definition) is 5. The lowest BCUT2D eigenvalue weighted by Crippen LogP contribution is -2.47. The van der Waals surface area contributed by atoms with Gasteiger partial charge in [0.15, 0.2) is 0 Å². The van der Waals surface area contributed by atoms with E-state index >= 15 is 0 Å². The van der Waals surface area contributed by atoms with Gasteiger partial charge in [-0.25, -0.2) is 8.42 Å². The zero-order valence-corrected chi connectivity index (χ0v) is 18.7. The summed E-state index contributed by atoms with van der Waals surface area (Å²) in [5.41, 5.74) is 1.13. The Kier molecular flexibility index (Phi) is 6.87. The van der Waals surface area contributed by atoms with Crippen molar-refractivity contribution in [3.05, 3.63) is 54.1 Å². The first-order valence-corrected chi connectivity index (χ1v) is 12.3. The van der Waals surface area contributed by atoms with E-state index < -0.39 is 10.0 Å². The summed E-state index contributed by atoms with van der Waals surface area (Å²) < 4.78 is 27.6. The predicted molar refractivity (Wildman–Crippen MR) is 118 cm³/mol. The van der Waals surface area contributed by atoms with Gasteiger partial charge in [0, 0.05) is 43.2 Å². The number of benzene rings is 2. The van der Waals surface area contributed by atoms with E-state index in [-0.39, 0.29) is 10.8 Å². The number of rotatable bonds is 6. The van der Waals surface area contributed by atoms with Crippen LogP contribution in [0.5, 0.6) is 0 Å². The molecule has 6 nitrogen and oxygen atoms in total. The average molecular weight is 434 g/mol. The SMILES string of the molecule is CCN(c1ccc(C(=O)N2CCN(C)CC2)cc1)S(=O)(=O)c1ccc(SC)cc1. The summed E-state index contributed by atoms with van der Waals surface area (Å²) in [7, 11) is -1.62. The van der Waals surface area contributed by atoms with Crippen LogP contribution in [0.3, 0.4) is 0 Å². The quantitative estimate of drug-likeness (QED) is 0.656. The van der Waals surface area contributed by atoms with Crippen LogP contribution in [0.2, 0.25) is 0 Å². The van der Waals surface area contributed by atoms with E-state index in [0.717, 1.165) is 18.0 Å². The molecule has 0 atom stereocenters. The highest BCUT2D eigenvalue weighted by atomic mass is 32.2. The molecule has 0 radical (unpaired) electrons. The molecule has 0 spiro atoms. The third kappa shape index (κ3) is 4.76. The smallest absolute Gasteiger partial charge is 0.264 e. The van der Waals surface area contributed by atoms with Crippen molar-refractivity contribution in [1.29, 1.82) is 0 Å². The van der Waals surface area contributed by atoms with Crippen LogP contribution < -0.4 is 4.31 Å². The highest BCUT2D eigenvalue weighted by Crippen LogP contribution is 2.26. The molecule has 0 unspecified atom stereocenters. The van der Waals surface area contributed by atoms with Crippen LogP contribution in [0, 0.1) is 0 Å². The van der Waals surface area contributed by atoms with Crippen LogP contribution in [0.25, 0.3) is 0 Å². The monoisotopic (exact) mass is 433 g/mol. The molecule has 1 amide bonds. The van der Waals surface area contributed by atoms with Crippen molar-refractivity contribution in [3.8, 4) is 0 Å². The molecule has 0 aromatic heterocycles. The Balaban J connectivity index is 1.80. The van der Waals surface area contributed by atoms with Crippen molar-refractivity contribution in [2.45, 2.75) is 16.7 Å². The molecule has 1 fully saturated rings. The largest absolute Gasteiger partial charge is 0.336 e. The van der Waals surface area contributed by atoms with E-state index in [0.29, 0.717) is 30.9 Å². The fourth-order valence-electron chi connectivity index (χ4n) is 3.33. The van der Waals surface area contributed by atoms with E-state index in [4.69, 9.17) is 0 Å². The minimum atomic E-state index is -3.67. The summed E-state index contributed by atoms with van der Waals surface area (Å²) in [5, 5.41) is 0. The Morgan fingerprint density at radius 2 is 1.59 bits per heavy atom. The number of piperazine rings is 1. The first kappa shape index (κ1) is 21.7. The van der Waals surface area contributed by atoms with Crippen LogP contribution in [0.15, 0.2) is 58.3 Å². The van der Waals surface area contributed by atoms with E-state index in [2.05, 4.69) is 4.90 Å². The number of thioether (sulfide) groups is 1. The zero-order chi connectivity index (χ0) is 21.0. The predicted octanol–water partition coefficient (Wildman–Crippen LogP) is 3.01. The maximum absolute atomic E-state index is 13.1. The number of anilines is 1. The Bertz CT molecular complexity index is 936. The first-order valence-electron chi connectivity index (χ1n) is 9.61. The normalized spacial score (nSPS) is 15.3. The number of hydrogen-bond donors (Lipinski definition) is 0. The van der Waals surface area contributed by atoms with Gasteiger partial charge in [0.1, 0.15) is 0 Å². The number of nitrogens with zero attached hydrogens (tertiary/aromatic N) is 3. The molecule has 1 heterocycles. The third-order valence-electron chi connectivity index (χ3n) is 5.13. The second-order valence-electron chi connectivity index (χ2n) is 6.99. The molecule has 3 rings (SSSR count). The average Bonchev–Trinajstić information content (AvgIpc) is 2.74. The fourth-order valence-corrected chi connectivity index (χ4v) is 5.21. The maximum Gasteiger partial charge on any atom is 0.264 e. The van der Waals surface area contributed by atoms with Crippen molar-refractivity contribution < 1.29 is 13.2 Å². The fraction of sp³-hybridized carbons (Fsp3) is 0.381. The molecule has 29 heavy (non-hydrogen) atoms. The molecule has 0 aliphatic carbocycles. The summed E-state index contributed by atoms with van der Waals surface area (Å²) in [6.45, 7) is 5.24. The molecule has 0 bridgehead atoms. The molecular weight excluding hydrogens is 406 g/mol. The van der Waals surface area contributed by atoms with Crippen molar-refractivity contribution in [1.82, 2.24) is 9.80 Å². The van der Waals surface area contributed by atoms with Gasteiger partial charge in [-0.1, -0.05) is 0 Å². The number of carbonyl (C=O) groups excluding carboxylic acids is 1. The minimum absolute atomic E-state index is 0.0109. The van der Waals surface area contributed by atoms with Crippen LogP contribution in [-0.4, -0.2) is 70.2 Å². The Morgan fingerprint density at radius 3 is 2.10 bits per heavy atom. The van der Waals surface area contributed by atoms with E-state index in [9.17, 15) is 13.2 Å². The van der Waals surface area contributed by atoms with Gasteiger partial charge in [-0.2, -0.15) is 0 Å². The zero-order valence-electron chi connectivity index (χ0n) is 17.0. The third-order valence-corrected chi connectivity index (χ3v) is 7.79. The summed E-state index contributed by atoms with van der Waals surface area (Å²) in [6, 6.07) is 13.7. The molecular formula is C21H27N3O3S2. The van der Waals surface area contributed by atoms with E-state index in [1.807, 2.05) is 30.3 Å². The number of carbonyl (C=O) groups is 1. The van der Waals surface area contributed by atoms with E-state index in [1.165, 1.54) is 4.31 Å². The highest BCUT2D eigenvalue weighted by molar-refractivity contribution is 7.98. The molecule has 1 saturated heterocycles. The van der Waals surface area contributed by atoms with Gasteiger partial charge in [-0.15, -0.1) is 11.8 Å². The van der Waals surface area contributed by atoms with Gasteiger partial charge in [-0.05, 0) is 68.8 Å². The Labute approximate surface area is 177 Å². The lowest BCUT2D eigenvalue weighted by molar-refractivity contribution is 0.0664. The van der Waals surface area contributed by atoms with Gasteiger partial charge in [-0.3, -0.25) is 9.10 Å². The highest BCUT2D eigenvalue weighted by Gasteiger charge is 2.25. The Hall–Kier alpha value is -2.03. The molecule has 1 aliphatic heterocycles. The number of likely N-dealkylation sites (N-methyl/N-ethyl adjacent to an activating group) is 1. The van der Waals surface area contributed by atoms with Gasteiger partial charge in [0.25, 0.3) is 15.9 Å². The van der Waals surface area contributed by atoms with Crippen LogP contribution >= 0.6 is 11.8 Å². The van der Waals surface area contributed by atoms with Gasteiger partial charge in [0.05, 0.1) is 10.6 Å².